The number of carbonyl (C=O) groups excluding carboxylic acids is 2. The number of aryl methyl sites for hydroxylation is 1. The monoisotopic (exact) mass is 375 g/mol. The van der Waals surface area contributed by atoms with Crippen molar-refractivity contribution in [1.82, 2.24) is 9.55 Å². The Balaban J connectivity index is 1.79. The maximum atomic E-state index is 12.7. The zero-order valence-corrected chi connectivity index (χ0v) is 15.3. The average molecular weight is 375 g/mol. The molecule has 28 heavy (non-hydrogen) atoms. The molecule has 2 amide bonds. The summed E-state index contributed by atoms with van der Waals surface area (Å²) < 4.78 is 1.61. The molecule has 1 N–H and O–H groups in total. The van der Waals surface area contributed by atoms with Gasteiger partial charge in [-0.2, -0.15) is 0 Å². The Morgan fingerprint density at radius 3 is 2.25 bits per heavy atom. The number of carboxylic acids is 1. The third-order valence-corrected chi connectivity index (χ3v) is 4.91. The van der Waals surface area contributed by atoms with E-state index >= 15 is 0 Å². The van der Waals surface area contributed by atoms with E-state index in [1.807, 2.05) is 13.8 Å². The summed E-state index contributed by atoms with van der Waals surface area (Å²) in [6.07, 6.45) is 0. The fraction of sp³-hybridized carbons (Fsp3) is 0.143. The third-order valence-electron chi connectivity index (χ3n) is 4.91. The third kappa shape index (κ3) is 2.68. The van der Waals surface area contributed by atoms with E-state index < -0.39 is 5.97 Å². The standard InChI is InChI=1S/C21H17N3O4/c1-12-13(2)23(11-18(25)26)19(22-12)14-6-5-7-15(10-14)24-20(27)16-8-3-4-9-17(16)21(24)28/h3-10H,11H2,1-2H3,(H,25,26). The summed E-state index contributed by atoms with van der Waals surface area (Å²) in [5.74, 6) is -1.24. The van der Waals surface area contributed by atoms with Crippen LogP contribution in [0.5, 0.6) is 0 Å². The zero-order valence-electron chi connectivity index (χ0n) is 15.3. The molecular weight excluding hydrogens is 358 g/mol. The molecule has 3 aromatic rings. The van der Waals surface area contributed by atoms with Crippen LogP contribution in [0.25, 0.3) is 11.4 Å². The maximum absolute atomic E-state index is 12.7. The summed E-state index contributed by atoms with van der Waals surface area (Å²) in [5, 5.41) is 9.22. The first-order chi connectivity index (χ1) is 13.4. The number of anilines is 1. The quantitative estimate of drug-likeness (QED) is 0.708. The summed E-state index contributed by atoms with van der Waals surface area (Å²) in [5.41, 5.74) is 3.27. The van der Waals surface area contributed by atoms with Gasteiger partial charge in [-0.15, -0.1) is 0 Å². The Morgan fingerprint density at radius 2 is 1.64 bits per heavy atom. The van der Waals surface area contributed by atoms with Crippen molar-refractivity contribution in [3.63, 3.8) is 0 Å². The Kier molecular flexibility index (Phi) is 4.07. The maximum Gasteiger partial charge on any atom is 0.323 e. The number of fused-ring (bicyclic) bond motifs is 1. The van der Waals surface area contributed by atoms with E-state index in [-0.39, 0.29) is 18.4 Å². The van der Waals surface area contributed by atoms with Crippen molar-refractivity contribution < 1.29 is 19.5 Å². The number of hydrogen-bond acceptors (Lipinski definition) is 4. The van der Waals surface area contributed by atoms with Gasteiger partial charge in [-0.1, -0.05) is 24.3 Å². The van der Waals surface area contributed by atoms with Gasteiger partial charge in [0.2, 0.25) is 0 Å². The molecule has 1 aliphatic heterocycles. The molecule has 2 aromatic carbocycles. The molecule has 0 saturated heterocycles. The molecule has 0 aliphatic carbocycles. The molecule has 0 unspecified atom stereocenters. The van der Waals surface area contributed by atoms with Crippen LogP contribution in [0, 0.1) is 13.8 Å². The fourth-order valence-corrected chi connectivity index (χ4v) is 3.41. The highest BCUT2D eigenvalue weighted by Gasteiger charge is 2.36. The topological polar surface area (TPSA) is 92.5 Å². The van der Waals surface area contributed by atoms with Crippen molar-refractivity contribution in [2.45, 2.75) is 20.4 Å². The number of benzene rings is 2. The van der Waals surface area contributed by atoms with Crippen molar-refractivity contribution >= 4 is 23.5 Å². The molecule has 7 nitrogen and oxygen atoms in total. The van der Waals surface area contributed by atoms with Gasteiger partial charge < -0.3 is 9.67 Å². The van der Waals surface area contributed by atoms with E-state index in [9.17, 15) is 19.5 Å². The van der Waals surface area contributed by atoms with Gasteiger partial charge in [0.25, 0.3) is 11.8 Å². The Bertz CT molecular complexity index is 1110. The summed E-state index contributed by atoms with van der Waals surface area (Å²) >= 11 is 0. The first-order valence-electron chi connectivity index (χ1n) is 8.72. The molecule has 0 fully saturated rings. The van der Waals surface area contributed by atoms with Gasteiger partial charge in [0.15, 0.2) is 0 Å². The van der Waals surface area contributed by atoms with Crippen LogP contribution < -0.4 is 4.90 Å². The predicted molar refractivity (Wildman–Crippen MR) is 102 cm³/mol. The van der Waals surface area contributed by atoms with Gasteiger partial charge in [-0.3, -0.25) is 14.4 Å². The molecular formula is C21H17N3O4. The Labute approximate surface area is 160 Å². The lowest BCUT2D eigenvalue weighted by Gasteiger charge is -2.15. The minimum absolute atomic E-state index is 0.223. The average Bonchev–Trinajstić information content (AvgIpc) is 3.10. The van der Waals surface area contributed by atoms with E-state index in [2.05, 4.69) is 4.98 Å². The van der Waals surface area contributed by atoms with E-state index in [4.69, 9.17) is 0 Å². The minimum atomic E-state index is -0.974. The zero-order chi connectivity index (χ0) is 20.0. The summed E-state index contributed by atoms with van der Waals surface area (Å²) in [4.78, 5) is 42.3. The number of imide groups is 1. The first-order valence-corrected chi connectivity index (χ1v) is 8.72. The molecule has 140 valence electrons. The molecule has 1 aromatic heterocycles. The first kappa shape index (κ1) is 17.7. The predicted octanol–water partition coefficient (Wildman–Crippen LogP) is 3.05. The van der Waals surface area contributed by atoms with Gasteiger partial charge >= 0.3 is 5.97 Å². The van der Waals surface area contributed by atoms with Gasteiger partial charge in [0, 0.05) is 11.3 Å². The van der Waals surface area contributed by atoms with Crippen molar-refractivity contribution in [2.75, 3.05) is 4.90 Å². The highest BCUT2D eigenvalue weighted by molar-refractivity contribution is 6.34. The second-order valence-electron chi connectivity index (χ2n) is 6.63. The number of nitrogens with zero attached hydrogens (tertiary/aromatic N) is 3. The lowest BCUT2D eigenvalue weighted by atomic mass is 10.1. The number of imidazole rings is 1. The number of hydrogen-bond donors (Lipinski definition) is 1. The second-order valence-corrected chi connectivity index (χ2v) is 6.63. The van der Waals surface area contributed by atoms with Crippen molar-refractivity contribution in [3.8, 4) is 11.4 Å². The van der Waals surface area contributed by atoms with Crippen molar-refractivity contribution in [3.05, 3.63) is 71.0 Å². The van der Waals surface area contributed by atoms with Crippen LogP contribution in [-0.2, 0) is 11.3 Å². The second kappa shape index (κ2) is 6.45. The number of aliphatic carboxylic acids is 1. The normalized spacial score (nSPS) is 13.1. The molecule has 0 bridgehead atoms. The van der Waals surface area contributed by atoms with Crippen LogP contribution in [-0.4, -0.2) is 32.4 Å². The fourth-order valence-electron chi connectivity index (χ4n) is 3.41. The number of carbonyl (C=O) groups is 3. The van der Waals surface area contributed by atoms with Crippen molar-refractivity contribution in [2.24, 2.45) is 0 Å². The molecule has 0 spiro atoms. The van der Waals surface area contributed by atoms with Crippen LogP contribution in [0.2, 0.25) is 0 Å². The van der Waals surface area contributed by atoms with Crippen LogP contribution in [0.15, 0.2) is 48.5 Å². The van der Waals surface area contributed by atoms with Gasteiger partial charge in [0.05, 0.1) is 22.5 Å². The van der Waals surface area contributed by atoms with Gasteiger partial charge in [0.1, 0.15) is 12.4 Å². The largest absolute Gasteiger partial charge is 0.480 e. The number of aromatic nitrogens is 2. The van der Waals surface area contributed by atoms with Crippen LogP contribution in [0.3, 0.4) is 0 Å². The number of carboxylic acid groups (broad SMARTS) is 1. The highest BCUT2D eigenvalue weighted by atomic mass is 16.4. The van der Waals surface area contributed by atoms with E-state index in [0.717, 1.165) is 16.3 Å². The molecule has 0 atom stereocenters. The molecule has 0 radical (unpaired) electrons. The lowest BCUT2D eigenvalue weighted by Crippen LogP contribution is -2.29. The van der Waals surface area contributed by atoms with Gasteiger partial charge in [-0.05, 0) is 38.1 Å². The molecule has 4 rings (SSSR count). The molecule has 0 saturated carbocycles. The minimum Gasteiger partial charge on any atom is -0.480 e. The number of rotatable bonds is 4. The SMILES string of the molecule is Cc1nc(-c2cccc(N3C(=O)c4ccccc4C3=O)c2)n(CC(=O)O)c1C. The summed E-state index contributed by atoms with van der Waals surface area (Å²) in [6.45, 7) is 3.40. The van der Waals surface area contributed by atoms with E-state index in [1.165, 1.54) is 0 Å². The lowest BCUT2D eigenvalue weighted by molar-refractivity contribution is -0.137. The molecule has 1 aliphatic rings. The van der Waals surface area contributed by atoms with Crippen LogP contribution in [0.4, 0.5) is 5.69 Å². The van der Waals surface area contributed by atoms with E-state index in [1.54, 1.807) is 53.1 Å². The van der Waals surface area contributed by atoms with Gasteiger partial charge in [-0.25, -0.2) is 9.88 Å². The van der Waals surface area contributed by atoms with Crippen LogP contribution in [0.1, 0.15) is 32.1 Å². The molecule has 2 heterocycles. The highest BCUT2D eigenvalue weighted by Crippen LogP contribution is 2.31. The summed E-state index contributed by atoms with van der Waals surface area (Å²) in [6, 6.07) is 13.6. The smallest absolute Gasteiger partial charge is 0.323 e. The molecule has 7 heteroatoms. The Morgan fingerprint density at radius 1 is 1.00 bits per heavy atom. The van der Waals surface area contributed by atoms with Crippen LogP contribution >= 0.6 is 0 Å². The van der Waals surface area contributed by atoms with E-state index in [0.29, 0.717) is 28.2 Å². The Hall–Kier alpha value is -3.74. The van der Waals surface area contributed by atoms with Crippen molar-refractivity contribution in [1.29, 1.82) is 0 Å². The summed E-state index contributed by atoms with van der Waals surface area (Å²) in [7, 11) is 0. The number of amides is 2.